The minimum atomic E-state index is -0.562. The highest BCUT2D eigenvalue weighted by atomic mass is 32.1. The lowest BCUT2D eigenvalue weighted by molar-refractivity contribution is -0.144. The second kappa shape index (κ2) is 7.78. The van der Waals surface area contributed by atoms with Gasteiger partial charge < -0.3 is 20.3 Å². The number of thiazole rings is 1. The van der Waals surface area contributed by atoms with E-state index < -0.39 is 11.5 Å². The van der Waals surface area contributed by atoms with Gasteiger partial charge >= 0.3 is 0 Å². The van der Waals surface area contributed by atoms with Crippen LogP contribution in [0, 0.1) is 23.7 Å². The Bertz CT molecular complexity index is 694. The van der Waals surface area contributed by atoms with E-state index in [1.807, 2.05) is 13.8 Å². The largest absolute Gasteiger partial charge is 0.396 e. The number of aliphatic hydroxyl groups is 2. The molecule has 1 aromatic heterocycles. The fraction of sp³-hybridized carbons (Fsp3) is 0.800. The maximum Gasteiger partial charge on any atom is 0.220 e. The highest BCUT2D eigenvalue weighted by Gasteiger charge is 2.59. The van der Waals surface area contributed by atoms with E-state index >= 15 is 0 Å². The maximum absolute atomic E-state index is 12.6. The average Bonchev–Trinajstić information content (AvgIpc) is 3.00. The smallest absolute Gasteiger partial charge is 0.220 e. The van der Waals surface area contributed by atoms with E-state index in [1.54, 1.807) is 18.4 Å². The first-order valence-corrected chi connectivity index (χ1v) is 10.6. The summed E-state index contributed by atoms with van der Waals surface area (Å²) in [5.74, 6) is 0.118. The Hall–Kier alpha value is -1.02. The van der Waals surface area contributed by atoms with E-state index in [4.69, 9.17) is 9.72 Å². The van der Waals surface area contributed by atoms with Crippen LogP contribution >= 0.6 is 11.3 Å². The average molecular weight is 397 g/mol. The van der Waals surface area contributed by atoms with Crippen molar-refractivity contribution in [2.45, 2.75) is 58.5 Å². The van der Waals surface area contributed by atoms with Crippen molar-refractivity contribution in [1.82, 2.24) is 10.3 Å². The van der Waals surface area contributed by atoms with Crippen LogP contribution in [0.4, 0.5) is 0 Å². The van der Waals surface area contributed by atoms with Gasteiger partial charge in [-0.25, -0.2) is 4.98 Å². The summed E-state index contributed by atoms with van der Waals surface area (Å²) in [7, 11) is 1.62. The van der Waals surface area contributed by atoms with Gasteiger partial charge in [-0.1, -0.05) is 13.8 Å². The summed E-state index contributed by atoms with van der Waals surface area (Å²) in [6.45, 7) is 7.17. The topological polar surface area (TPSA) is 91.7 Å². The molecule has 1 amide bonds. The molecule has 152 valence electrons. The zero-order valence-electron chi connectivity index (χ0n) is 16.7. The summed E-state index contributed by atoms with van der Waals surface area (Å²) in [6, 6.07) is 0. The molecule has 0 bridgehead atoms. The minimum absolute atomic E-state index is 0.00267. The summed E-state index contributed by atoms with van der Waals surface area (Å²) in [5, 5.41) is 24.8. The predicted octanol–water partition coefficient (Wildman–Crippen LogP) is 2.02. The van der Waals surface area contributed by atoms with Gasteiger partial charge in [-0.05, 0) is 37.5 Å². The van der Waals surface area contributed by atoms with Crippen LogP contribution in [0.1, 0.15) is 54.6 Å². The second-order valence-electron chi connectivity index (χ2n) is 8.62. The SMILES string of the molecule is COCCNC(=O)CC1c2nc(C)sc2CC2C(C)(CO)C(O)CCC12C. The molecule has 1 heterocycles. The molecule has 5 unspecified atom stereocenters. The number of aliphatic hydroxyl groups excluding tert-OH is 2. The number of nitrogens with zero attached hydrogens (tertiary/aromatic N) is 1. The van der Waals surface area contributed by atoms with Crippen LogP contribution in [-0.2, 0) is 16.0 Å². The zero-order chi connectivity index (χ0) is 19.8. The molecule has 2 aliphatic carbocycles. The first-order chi connectivity index (χ1) is 12.8. The second-order valence-corrected chi connectivity index (χ2v) is 9.91. The molecule has 3 N–H and O–H groups in total. The third kappa shape index (κ3) is 3.55. The molecule has 7 heteroatoms. The minimum Gasteiger partial charge on any atom is -0.396 e. The number of aromatic nitrogens is 1. The lowest BCUT2D eigenvalue weighted by Crippen LogP contribution is -2.57. The van der Waals surface area contributed by atoms with Crippen LogP contribution in [0.2, 0.25) is 0 Å². The standard InChI is InChI=1S/C20H32N2O4S/c1-12-22-18-13(9-17(25)21-7-8-26-4)19(2)6-5-16(24)20(3,11-23)15(19)10-14(18)27-12/h13,15-16,23-24H,5-11H2,1-4H3,(H,21,25). The van der Waals surface area contributed by atoms with Crippen molar-refractivity contribution in [2.75, 3.05) is 26.9 Å². The molecule has 0 aromatic carbocycles. The molecule has 3 rings (SSSR count). The van der Waals surface area contributed by atoms with Gasteiger partial charge in [0.05, 0.1) is 30.0 Å². The Balaban J connectivity index is 1.95. The van der Waals surface area contributed by atoms with Gasteiger partial charge in [0.1, 0.15) is 0 Å². The highest BCUT2D eigenvalue weighted by Crippen LogP contribution is 2.62. The van der Waals surface area contributed by atoms with Crippen molar-refractivity contribution in [3.05, 3.63) is 15.6 Å². The third-order valence-corrected chi connectivity index (χ3v) is 8.03. The summed E-state index contributed by atoms with van der Waals surface area (Å²) in [6.07, 6.45) is 2.15. The zero-order valence-corrected chi connectivity index (χ0v) is 17.6. The normalized spacial score (nSPS) is 35.4. The van der Waals surface area contributed by atoms with Crippen LogP contribution < -0.4 is 5.32 Å². The summed E-state index contributed by atoms with van der Waals surface area (Å²) < 4.78 is 5.02. The number of amides is 1. The molecular formula is C20H32N2O4S. The number of methoxy groups -OCH3 is 1. The van der Waals surface area contributed by atoms with E-state index in [-0.39, 0.29) is 29.8 Å². The monoisotopic (exact) mass is 396 g/mol. The first kappa shape index (κ1) is 20.7. The van der Waals surface area contributed by atoms with Crippen LogP contribution in [0.25, 0.3) is 0 Å². The molecule has 2 aliphatic rings. The van der Waals surface area contributed by atoms with Gasteiger partial charge in [0.25, 0.3) is 0 Å². The van der Waals surface area contributed by atoms with Crippen LogP contribution in [-0.4, -0.2) is 54.1 Å². The third-order valence-electron chi connectivity index (χ3n) is 7.02. The Kier molecular flexibility index (Phi) is 5.96. The molecule has 1 saturated carbocycles. The molecule has 0 aliphatic heterocycles. The Morgan fingerprint density at radius 1 is 1.44 bits per heavy atom. The highest BCUT2D eigenvalue weighted by molar-refractivity contribution is 7.11. The van der Waals surface area contributed by atoms with Gasteiger partial charge in [0.15, 0.2) is 0 Å². The number of hydrogen-bond acceptors (Lipinski definition) is 6. The van der Waals surface area contributed by atoms with E-state index in [0.29, 0.717) is 26.0 Å². The number of nitrogens with one attached hydrogen (secondary N) is 1. The summed E-state index contributed by atoms with van der Waals surface area (Å²) in [4.78, 5) is 18.6. The van der Waals surface area contributed by atoms with E-state index in [2.05, 4.69) is 12.2 Å². The number of hydrogen-bond donors (Lipinski definition) is 3. The molecule has 6 nitrogen and oxygen atoms in total. The predicted molar refractivity (Wildman–Crippen MR) is 105 cm³/mol. The van der Waals surface area contributed by atoms with Crippen LogP contribution in [0.3, 0.4) is 0 Å². The fourth-order valence-electron chi connectivity index (χ4n) is 5.32. The maximum atomic E-state index is 12.6. The van der Waals surface area contributed by atoms with Gasteiger partial charge in [0.2, 0.25) is 5.91 Å². The van der Waals surface area contributed by atoms with Crippen LogP contribution in [0.5, 0.6) is 0 Å². The van der Waals surface area contributed by atoms with Crippen molar-refractivity contribution in [2.24, 2.45) is 16.7 Å². The van der Waals surface area contributed by atoms with Crippen LogP contribution in [0.15, 0.2) is 0 Å². The Morgan fingerprint density at radius 2 is 2.19 bits per heavy atom. The molecule has 5 atom stereocenters. The fourth-order valence-corrected chi connectivity index (χ4v) is 6.36. The van der Waals surface area contributed by atoms with Gasteiger partial charge in [-0.3, -0.25) is 4.79 Å². The lowest BCUT2D eigenvalue weighted by Gasteiger charge is -2.58. The van der Waals surface area contributed by atoms with Gasteiger partial charge in [0, 0.05) is 36.3 Å². The number of fused-ring (bicyclic) bond motifs is 2. The number of carbonyl (C=O) groups is 1. The Morgan fingerprint density at radius 3 is 2.85 bits per heavy atom. The van der Waals surface area contributed by atoms with Crippen molar-refractivity contribution >= 4 is 17.2 Å². The number of aryl methyl sites for hydroxylation is 1. The first-order valence-electron chi connectivity index (χ1n) is 9.77. The molecule has 0 radical (unpaired) electrons. The summed E-state index contributed by atoms with van der Waals surface area (Å²) in [5.41, 5.74) is 0.311. The van der Waals surface area contributed by atoms with Crippen molar-refractivity contribution in [3.63, 3.8) is 0 Å². The van der Waals surface area contributed by atoms with Gasteiger partial charge in [-0.2, -0.15) is 0 Å². The number of carbonyl (C=O) groups excluding carboxylic acids is 1. The quantitative estimate of drug-likeness (QED) is 0.640. The van der Waals surface area contributed by atoms with Crippen molar-refractivity contribution in [3.8, 4) is 0 Å². The molecular weight excluding hydrogens is 364 g/mol. The van der Waals surface area contributed by atoms with E-state index in [1.165, 1.54) is 4.88 Å². The van der Waals surface area contributed by atoms with Crippen molar-refractivity contribution in [1.29, 1.82) is 0 Å². The Labute approximate surface area is 165 Å². The van der Waals surface area contributed by atoms with E-state index in [0.717, 1.165) is 23.5 Å². The number of rotatable bonds is 6. The number of ether oxygens (including phenoxy) is 1. The summed E-state index contributed by atoms with van der Waals surface area (Å²) >= 11 is 1.68. The van der Waals surface area contributed by atoms with E-state index in [9.17, 15) is 15.0 Å². The molecule has 1 aromatic rings. The molecule has 0 spiro atoms. The molecule has 1 fully saturated rings. The van der Waals surface area contributed by atoms with Crippen molar-refractivity contribution < 1.29 is 19.7 Å². The lowest BCUT2D eigenvalue weighted by atomic mass is 9.47. The molecule has 0 saturated heterocycles. The van der Waals surface area contributed by atoms with Gasteiger partial charge in [-0.15, -0.1) is 11.3 Å². The molecule has 27 heavy (non-hydrogen) atoms.